The number of hydrogen-bond acceptors (Lipinski definition) is 5. The molecule has 4 rings (SSSR count). The van der Waals surface area contributed by atoms with Crippen LogP contribution in [0.25, 0.3) is 0 Å². The Morgan fingerprint density at radius 2 is 2.08 bits per heavy atom. The van der Waals surface area contributed by atoms with E-state index in [1.165, 1.54) is 6.20 Å². The van der Waals surface area contributed by atoms with Gasteiger partial charge in [0.2, 0.25) is 0 Å². The first-order chi connectivity index (χ1) is 12.4. The number of carbonyl (C=O) groups is 1. The van der Waals surface area contributed by atoms with Crippen LogP contribution in [0.5, 0.6) is 0 Å². The van der Waals surface area contributed by atoms with E-state index in [4.69, 9.17) is 11.6 Å². The summed E-state index contributed by atoms with van der Waals surface area (Å²) >= 11 is 5.82. The second-order valence-corrected chi connectivity index (χ2v) is 9.46. The van der Waals surface area contributed by atoms with E-state index in [1.54, 1.807) is 16.8 Å². The standard InChI is InChI=1S/C17H19ClN4O3S/c18-11-5-6-15(19-9-11)20-17(23)16-13-3-1-2-4-14(13)22(21-16)12-7-8-26(24,25)10-12/h5-6,9,12H,1-4,7-8,10H2,(H,19,20,23)/t12-/m0/s1. The number of halogens is 1. The van der Waals surface area contributed by atoms with E-state index in [2.05, 4.69) is 15.4 Å². The molecule has 2 aromatic rings. The molecule has 3 heterocycles. The van der Waals surface area contributed by atoms with E-state index in [0.29, 0.717) is 23.0 Å². The molecule has 1 fully saturated rings. The first-order valence-corrected chi connectivity index (χ1v) is 10.9. The van der Waals surface area contributed by atoms with Gasteiger partial charge >= 0.3 is 0 Å². The van der Waals surface area contributed by atoms with E-state index in [1.807, 2.05) is 0 Å². The number of rotatable bonds is 3. The van der Waals surface area contributed by atoms with Gasteiger partial charge in [0, 0.05) is 17.5 Å². The molecule has 0 spiro atoms. The number of nitrogens with zero attached hydrogens (tertiary/aromatic N) is 3. The van der Waals surface area contributed by atoms with Gasteiger partial charge in [-0.1, -0.05) is 11.6 Å². The van der Waals surface area contributed by atoms with Gasteiger partial charge in [-0.05, 0) is 44.2 Å². The molecular formula is C17H19ClN4O3S. The zero-order chi connectivity index (χ0) is 18.3. The average Bonchev–Trinajstić information content (AvgIpc) is 3.17. The van der Waals surface area contributed by atoms with Crippen molar-refractivity contribution >= 4 is 33.2 Å². The third-order valence-electron chi connectivity index (χ3n) is 4.95. The number of hydrogen-bond donors (Lipinski definition) is 1. The number of pyridine rings is 1. The number of fused-ring (bicyclic) bond motifs is 1. The highest BCUT2D eigenvalue weighted by atomic mass is 35.5. The van der Waals surface area contributed by atoms with Gasteiger partial charge in [-0.2, -0.15) is 5.10 Å². The first-order valence-electron chi connectivity index (χ1n) is 8.66. The molecule has 0 saturated carbocycles. The van der Waals surface area contributed by atoms with Crippen molar-refractivity contribution in [2.75, 3.05) is 16.8 Å². The Hall–Kier alpha value is -1.93. The topological polar surface area (TPSA) is 93.9 Å². The number of amides is 1. The number of nitrogens with one attached hydrogen (secondary N) is 1. The fraction of sp³-hybridized carbons (Fsp3) is 0.471. The van der Waals surface area contributed by atoms with Gasteiger partial charge in [-0.3, -0.25) is 9.48 Å². The highest BCUT2D eigenvalue weighted by molar-refractivity contribution is 7.91. The van der Waals surface area contributed by atoms with Crippen molar-refractivity contribution in [2.24, 2.45) is 0 Å². The molecule has 1 aliphatic heterocycles. The maximum absolute atomic E-state index is 12.7. The van der Waals surface area contributed by atoms with Crippen LogP contribution in [0.15, 0.2) is 18.3 Å². The van der Waals surface area contributed by atoms with Crippen LogP contribution in [-0.4, -0.2) is 40.6 Å². The normalized spacial score (nSPS) is 21.3. The van der Waals surface area contributed by atoms with Crippen LogP contribution in [-0.2, 0) is 22.7 Å². The zero-order valence-electron chi connectivity index (χ0n) is 14.1. The summed E-state index contributed by atoms with van der Waals surface area (Å²) in [6.07, 6.45) is 5.65. The summed E-state index contributed by atoms with van der Waals surface area (Å²) in [6.45, 7) is 0. The minimum Gasteiger partial charge on any atom is -0.305 e. The number of anilines is 1. The van der Waals surface area contributed by atoms with Gasteiger partial charge in [0.25, 0.3) is 5.91 Å². The molecule has 0 unspecified atom stereocenters. The molecule has 1 aliphatic carbocycles. The van der Waals surface area contributed by atoms with Crippen LogP contribution in [0.1, 0.15) is 47.1 Å². The minimum absolute atomic E-state index is 0.0981. The summed E-state index contributed by atoms with van der Waals surface area (Å²) in [7, 11) is -3.02. The van der Waals surface area contributed by atoms with Gasteiger partial charge < -0.3 is 5.32 Å². The molecule has 2 aromatic heterocycles. The maximum Gasteiger partial charge on any atom is 0.277 e. The molecule has 1 amide bonds. The molecule has 1 atom stereocenters. The van der Waals surface area contributed by atoms with E-state index < -0.39 is 9.84 Å². The number of sulfone groups is 1. The molecule has 1 N–H and O–H groups in total. The molecule has 138 valence electrons. The quantitative estimate of drug-likeness (QED) is 0.862. The lowest BCUT2D eigenvalue weighted by Crippen LogP contribution is -2.17. The van der Waals surface area contributed by atoms with Crippen molar-refractivity contribution < 1.29 is 13.2 Å². The fourth-order valence-corrected chi connectivity index (χ4v) is 5.51. The SMILES string of the molecule is O=C(Nc1ccc(Cl)cn1)c1nn([C@H]2CCS(=O)(=O)C2)c2c1CCCC2. The molecule has 0 radical (unpaired) electrons. The molecule has 26 heavy (non-hydrogen) atoms. The highest BCUT2D eigenvalue weighted by Gasteiger charge is 2.34. The van der Waals surface area contributed by atoms with E-state index in [0.717, 1.165) is 36.9 Å². The summed E-state index contributed by atoms with van der Waals surface area (Å²) in [5, 5.41) is 7.78. The van der Waals surface area contributed by atoms with Gasteiger partial charge in [-0.25, -0.2) is 13.4 Å². The zero-order valence-corrected chi connectivity index (χ0v) is 15.7. The Labute approximate surface area is 156 Å². The average molecular weight is 395 g/mol. The predicted molar refractivity (Wildman–Crippen MR) is 98.4 cm³/mol. The lowest BCUT2D eigenvalue weighted by atomic mass is 9.95. The molecule has 7 nitrogen and oxygen atoms in total. The van der Waals surface area contributed by atoms with E-state index in [9.17, 15) is 13.2 Å². The van der Waals surface area contributed by atoms with Crippen LogP contribution in [0.3, 0.4) is 0 Å². The molecule has 9 heteroatoms. The Morgan fingerprint density at radius 1 is 1.27 bits per heavy atom. The summed E-state index contributed by atoms with van der Waals surface area (Å²) in [5.74, 6) is 0.364. The largest absolute Gasteiger partial charge is 0.305 e. The Bertz CT molecular complexity index is 953. The first kappa shape index (κ1) is 17.5. The lowest BCUT2D eigenvalue weighted by molar-refractivity contribution is 0.102. The summed E-state index contributed by atoms with van der Waals surface area (Å²) in [6, 6.07) is 3.11. The molecule has 2 aliphatic rings. The number of aromatic nitrogens is 3. The van der Waals surface area contributed by atoms with Crippen molar-refractivity contribution in [2.45, 2.75) is 38.1 Å². The maximum atomic E-state index is 12.7. The second kappa shape index (κ2) is 6.66. The predicted octanol–water partition coefficient (Wildman–Crippen LogP) is 2.42. The second-order valence-electron chi connectivity index (χ2n) is 6.80. The fourth-order valence-electron chi connectivity index (χ4n) is 3.70. The number of carbonyl (C=O) groups excluding carboxylic acids is 1. The minimum atomic E-state index is -3.02. The van der Waals surface area contributed by atoms with Crippen molar-refractivity contribution in [3.05, 3.63) is 40.3 Å². The highest BCUT2D eigenvalue weighted by Crippen LogP contribution is 2.31. The monoisotopic (exact) mass is 394 g/mol. The Kier molecular flexibility index (Phi) is 4.48. The van der Waals surface area contributed by atoms with Crippen LogP contribution < -0.4 is 5.32 Å². The van der Waals surface area contributed by atoms with Crippen molar-refractivity contribution in [3.8, 4) is 0 Å². The third kappa shape index (κ3) is 3.35. The lowest BCUT2D eigenvalue weighted by Gasteiger charge is -2.17. The molecular weight excluding hydrogens is 376 g/mol. The van der Waals surface area contributed by atoms with Gasteiger partial charge in [0.05, 0.1) is 22.6 Å². The van der Waals surface area contributed by atoms with Crippen molar-refractivity contribution in [3.63, 3.8) is 0 Å². The Morgan fingerprint density at radius 3 is 2.77 bits per heavy atom. The smallest absolute Gasteiger partial charge is 0.277 e. The van der Waals surface area contributed by atoms with Gasteiger partial charge in [0.1, 0.15) is 5.82 Å². The summed E-state index contributed by atoms with van der Waals surface area (Å²) in [5.41, 5.74) is 2.32. The van der Waals surface area contributed by atoms with Crippen LogP contribution in [0.2, 0.25) is 5.02 Å². The van der Waals surface area contributed by atoms with Crippen LogP contribution in [0.4, 0.5) is 5.82 Å². The van der Waals surface area contributed by atoms with Gasteiger partial charge in [-0.15, -0.1) is 0 Å². The summed E-state index contributed by atoms with van der Waals surface area (Å²) < 4.78 is 25.5. The van der Waals surface area contributed by atoms with Crippen molar-refractivity contribution in [1.29, 1.82) is 0 Å². The van der Waals surface area contributed by atoms with Crippen molar-refractivity contribution in [1.82, 2.24) is 14.8 Å². The van der Waals surface area contributed by atoms with Crippen LogP contribution >= 0.6 is 11.6 Å². The summed E-state index contributed by atoms with van der Waals surface area (Å²) in [4.78, 5) is 16.8. The van der Waals surface area contributed by atoms with Crippen LogP contribution in [0, 0.1) is 0 Å². The van der Waals surface area contributed by atoms with E-state index in [-0.39, 0.29) is 23.5 Å². The molecule has 0 bridgehead atoms. The molecule has 1 saturated heterocycles. The molecule has 0 aromatic carbocycles. The van der Waals surface area contributed by atoms with E-state index >= 15 is 0 Å². The third-order valence-corrected chi connectivity index (χ3v) is 6.92. The van der Waals surface area contributed by atoms with Gasteiger partial charge in [0.15, 0.2) is 15.5 Å². The Balaban J connectivity index is 1.65.